The van der Waals surface area contributed by atoms with Gasteiger partial charge in [-0.25, -0.2) is 0 Å². The van der Waals surface area contributed by atoms with Crippen molar-refractivity contribution in [3.63, 3.8) is 0 Å². The molecule has 2 aromatic carbocycles. The van der Waals surface area contributed by atoms with E-state index < -0.39 is 6.04 Å². The van der Waals surface area contributed by atoms with E-state index in [1.807, 2.05) is 68.4 Å². The first-order valence-corrected chi connectivity index (χ1v) is 7.84. The zero-order chi connectivity index (χ0) is 16.4. The first kappa shape index (κ1) is 21.2. The van der Waals surface area contributed by atoms with Crippen LogP contribution in [0.2, 0.25) is 0 Å². The van der Waals surface area contributed by atoms with Gasteiger partial charge in [0.15, 0.2) is 0 Å². The van der Waals surface area contributed by atoms with Crippen LogP contribution >= 0.6 is 12.6 Å². The van der Waals surface area contributed by atoms with Crippen molar-refractivity contribution in [3.8, 4) is 0 Å². The lowest BCUT2D eigenvalue weighted by Crippen LogP contribution is -2.34. The molecule has 0 spiro atoms. The number of thiol groups is 1. The van der Waals surface area contributed by atoms with Gasteiger partial charge in [-0.05, 0) is 29.7 Å². The van der Waals surface area contributed by atoms with Gasteiger partial charge >= 0.3 is 5.97 Å². The molecule has 0 bridgehead atoms. The van der Waals surface area contributed by atoms with E-state index in [1.165, 1.54) is 0 Å². The molecule has 4 heteroatoms. The molecule has 3 nitrogen and oxygen atoms in total. The Hall–Kier alpha value is -1.78. The Kier molecular flexibility index (Phi) is 10.8. The van der Waals surface area contributed by atoms with Crippen molar-refractivity contribution < 1.29 is 9.53 Å². The van der Waals surface area contributed by atoms with E-state index in [9.17, 15) is 4.79 Å². The molecule has 1 unspecified atom stereocenters. The predicted octanol–water partition coefficient (Wildman–Crippen LogP) is 4.25. The van der Waals surface area contributed by atoms with Crippen LogP contribution in [0.3, 0.4) is 0 Å². The minimum Gasteiger partial charge on any atom is -0.460 e. The van der Waals surface area contributed by atoms with E-state index in [-0.39, 0.29) is 20.0 Å². The van der Waals surface area contributed by atoms with Crippen LogP contribution in [0.1, 0.15) is 32.4 Å². The zero-order valence-electron chi connectivity index (χ0n) is 13.0. The smallest absolute Gasteiger partial charge is 0.323 e. The minimum absolute atomic E-state index is 0. The average Bonchev–Trinajstić information content (AvgIpc) is 2.57. The van der Waals surface area contributed by atoms with Gasteiger partial charge in [-0.15, -0.1) is 12.6 Å². The maximum Gasteiger partial charge on any atom is 0.323 e. The SMILES string of the molecule is C.CC.NC(Cc1ccc(S)cc1)C(=O)OCc1ccccc1. The van der Waals surface area contributed by atoms with Crippen molar-refractivity contribution in [2.24, 2.45) is 5.73 Å². The summed E-state index contributed by atoms with van der Waals surface area (Å²) in [7, 11) is 0. The van der Waals surface area contributed by atoms with Crippen molar-refractivity contribution in [1.82, 2.24) is 0 Å². The number of benzene rings is 2. The Balaban J connectivity index is 0.00000155. The van der Waals surface area contributed by atoms with Crippen LogP contribution in [0, 0.1) is 0 Å². The summed E-state index contributed by atoms with van der Waals surface area (Å²) in [4.78, 5) is 12.7. The number of carbonyl (C=O) groups excluding carboxylic acids is 1. The summed E-state index contributed by atoms with van der Waals surface area (Å²) >= 11 is 4.21. The van der Waals surface area contributed by atoms with Crippen LogP contribution in [-0.2, 0) is 22.6 Å². The fourth-order valence-corrected chi connectivity index (χ4v) is 1.95. The molecule has 0 radical (unpaired) electrons. The number of rotatable bonds is 5. The molecule has 2 aromatic rings. The lowest BCUT2D eigenvalue weighted by atomic mass is 10.1. The summed E-state index contributed by atoms with van der Waals surface area (Å²) < 4.78 is 5.21. The van der Waals surface area contributed by atoms with Crippen molar-refractivity contribution in [2.75, 3.05) is 0 Å². The summed E-state index contributed by atoms with van der Waals surface area (Å²) in [6.45, 7) is 4.25. The molecule has 2 N–H and O–H groups in total. The van der Waals surface area contributed by atoms with Crippen LogP contribution in [0.4, 0.5) is 0 Å². The van der Waals surface area contributed by atoms with E-state index in [0.717, 1.165) is 16.0 Å². The van der Waals surface area contributed by atoms with Crippen LogP contribution in [0.15, 0.2) is 59.5 Å². The highest BCUT2D eigenvalue weighted by atomic mass is 32.1. The summed E-state index contributed by atoms with van der Waals surface area (Å²) in [5.41, 5.74) is 7.80. The fraction of sp³-hybridized carbons (Fsp3) is 0.316. The molecular formula is C19H27NO2S. The molecular weight excluding hydrogens is 306 g/mol. The third-order valence-electron chi connectivity index (χ3n) is 2.92. The maximum absolute atomic E-state index is 11.8. The van der Waals surface area contributed by atoms with E-state index in [1.54, 1.807) is 0 Å². The van der Waals surface area contributed by atoms with Gasteiger partial charge in [0, 0.05) is 4.90 Å². The van der Waals surface area contributed by atoms with Gasteiger partial charge in [-0.2, -0.15) is 0 Å². The third-order valence-corrected chi connectivity index (χ3v) is 3.22. The number of ether oxygens (including phenoxy) is 1. The molecule has 0 amide bonds. The Morgan fingerprint density at radius 3 is 2.17 bits per heavy atom. The highest BCUT2D eigenvalue weighted by Gasteiger charge is 2.15. The summed E-state index contributed by atoms with van der Waals surface area (Å²) in [5.74, 6) is -0.385. The number of hydrogen-bond donors (Lipinski definition) is 2. The molecule has 23 heavy (non-hydrogen) atoms. The molecule has 0 aliphatic carbocycles. The predicted molar refractivity (Wildman–Crippen MR) is 99.7 cm³/mol. The van der Waals surface area contributed by atoms with Gasteiger partial charge in [0.25, 0.3) is 0 Å². The Morgan fingerprint density at radius 2 is 1.61 bits per heavy atom. The standard InChI is InChI=1S/C16H17NO2S.C2H6.CH4/c17-15(10-12-6-8-14(20)9-7-12)16(18)19-11-13-4-2-1-3-5-13;1-2;/h1-9,15,20H,10-11,17H2;1-2H3;1H4. The number of hydrogen-bond acceptors (Lipinski definition) is 4. The molecule has 0 aliphatic rings. The second kappa shape index (κ2) is 11.7. The summed E-state index contributed by atoms with van der Waals surface area (Å²) in [5, 5.41) is 0. The monoisotopic (exact) mass is 333 g/mol. The second-order valence-corrected chi connectivity index (χ2v) is 5.09. The molecule has 0 aliphatic heterocycles. The van der Waals surface area contributed by atoms with Crippen LogP contribution in [-0.4, -0.2) is 12.0 Å². The maximum atomic E-state index is 11.8. The first-order chi connectivity index (χ1) is 10.6. The molecule has 126 valence electrons. The van der Waals surface area contributed by atoms with Crippen LogP contribution < -0.4 is 5.73 Å². The quantitative estimate of drug-likeness (QED) is 0.635. The number of nitrogens with two attached hydrogens (primary N) is 1. The largest absolute Gasteiger partial charge is 0.460 e. The number of carbonyl (C=O) groups is 1. The summed E-state index contributed by atoms with van der Waals surface area (Å²) in [6, 6.07) is 16.5. The number of esters is 1. The zero-order valence-corrected chi connectivity index (χ0v) is 13.9. The third kappa shape index (κ3) is 7.86. The molecule has 0 fully saturated rings. The minimum atomic E-state index is -0.649. The molecule has 0 heterocycles. The van der Waals surface area contributed by atoms with E-state index in [2.05, 4.69) is 12.6 Å². The normalized spacial score (nSPS) is 10.6. The topological polar surface area (TPSA) is 52.3 Å². The highest BCUT2D eigenvalue weighted by Crippen LogP contribution is 2.10. The lowest BCUT2D eigenvalue weighted by Gasteiger charge is -2.11. The van der Waals surface area contributed by atoms with Gasteiger partial charge in [0.05, 0.1) is 0 Å². The van der Waals surface area contributed by atoms with Crippen LogP contribution in [0.25, 0.3) is 0 Å². The second-order valence-electron chi connectivity index (χ2n) is 4.57. The van der Waals surface area contributed by atoms with Crippen molar-refractivity contribution in [2.45, 2.75) is 45.2 Å². The average molecular weight is 333 g/mol. The van der Waals surface area contributed by atoms with E-state index in [0.29, 0.717) is 6.42 Å². The highest BCUT2D eigenvalue weighted by molar-refractivity contribution is 7.80. The van der Waals surface area contributed by atoms with Gasteiger partial charge in [-0.1, -0.05) is 63.7 Å². The van der Waals surface area contributed by atoms with Crippen molar-refractivity contribution in [3.05, 3.63) is 65.7 Å². The molecule has 2 rings (SSSR count). The Morgan fingerprint density at radius 1 is 1.04 bits per heavy atom. The fourth-order valence-electron chi connectivity index (χ4n) is 1.81. The molecule has 0 aromatic heterocycles. The van der Waals surface area contributed by atoms with Gasteiger partial charge < -0.3 is 10.5 Å². The van der Waals surface area contributed by atoms with E-state index >= 15 is 0 Å². The van der Waals surface area contributed by atoms with Gasteiger partial charge in [-0.3, -0.25) is 4.79 Å². The van der Waals surface area contributed by atoms with Crippen molar-refractivity contribution in [1.29, 1.82) is 0 Å². The first-order valence-electron chi connectivity index (χ1n) is 7.39. The Labute approximate surface area is 145 Å². The molecule has 0 saturated carbocycles. The Bertz CT molecular complexity index is 555. The van der Waals surface area contributed by atoms with Crippen molar-refractivity contribution >= 4 is 18.6 Å². The molecule has 0 saturated heterocycles. The van der Waals surface area contributed by atoms with Gasteiger partial charge in [0.1, 0.15) is 12.6 Å². The molecule has 1 atom stereocenters. The summed E-state index contributed by atoms with van der Waals surface area (Å²) in [6.07, 6.45) is 0.460. The van der Waals surface area contributed by atoms with Gasteiger partial charge in [0.2, 0.25) is 0 Å². The van der Waals surface area contributed by atoms with Crippen LogP contribution in [0.5, 0.6) is 0 Å². The van der Waals surface area contributed by atoms with E-state index in [4.69, 9.17) is 10.5 Å². The lowest BCUT2D eigenvalue weighted by molar-refractivity contribution is -0.146.